The van der Waals surface area contributed by atoms with Gasteiger partial charge in [-0.1, -0.05) is 0 Å². The van der Waals surface area contributed by atoms with Gasteiger partial charge in [-0.05, 0) is 37.1 Å². The number of ether oxygens (including phenoxy) is 1. The molecule has 0 aliphatic carbocycles. The van der Waals surface area contributed by atoms with Gasteiger partial charge in [-0.2, -0.15) is 10.2 Å². The minimum absolute atomic E-state index is 0.772. The van der Waals surface area contributed by atoms with E-state index in [1.165, 1.54) is 11.1 Å². The Morgan fingerprint density at radius 3 is 2.31 bits per heavy atom. The van der Waals surface area contributed by atoms with Gasteiger partial charge in [0.1, 0.15) is 11.4 Å². The molecule has 3 nitrogen and oxygen atoms in total. The van der Waals surface area contributed by atoms with Crippen molar-refractivity contribution >= 4 is 5.69 Å². The highest BCUT2D eigenvalue weighted by atomic mass is 16.5. The highest BCUT2D eigenvalue weighted by Crippen LogP contribution is 2.30. The molecule has 1 aromatic rings. The van der Waals surface area contributed by atoms with Crippen molar-refractivity contribution in [3.63, 3.8) is 0 Å². The summed E-state index contributed by atoms with van der Waals surface area (Å²) in [7, 11) is 3.29. The minimum atomic E-state index is 0.772. The maximum Gasteiger partial charge on any atom is 0.146 e. The summed E-state index contributed by atoms with van der Waals surface area (Å²) in [6.45, 7) is 4.09. The molecule has 0 amide bonds. The van der Waals surface area contributed by atoms with Crippen molar-refractivity contribution in [2.75, 3.05) is 14.2 Å². The third-order valence-electron chi connectivity index (χ3n) is 2.00. The second-order valence-corrected chi connectivity index (χ2v) is 2.91. The van der Waals surface area contributed by atoms with Crippen LogP contribution in [-0.2, 0) is 0 Å². The Kier molecular flexibility index (Phi) is 3.01. The Balaban J connectivity index is 3.24. The van der Waals surface area contributed by atoms with Crippen molar-refractivity contribution in [3.8, 4) is 5.75 Å². The fourth-order valence-electron chi connectivity index (χ4n) is 1.12. The molecule has 3 heteroatoms. The van der Waals surface area contributed by atoms with Crippen LogP contribution in [0.4, 0.5) is 5.69 Å². The molecule has 0 N–H and O–H groups in total. The van der Waals surface area contributed by atoms with Crippen molar-refractivity contribution in [1.29, 1.82) is 0 Å². The fourth-order valence-corrected chi connectivity index (χ4v) is 1.12. The van der Waals surface area contributed by atoms with E-state index in [2.05, 4.69) is 10.2 Å². The highest BCUT2D eigenvalue weighted by molar-refractivity contribution is 5.55. The average Bonchev–Trinajstić information content (AvgIpc) is 2.11. The number of aryl methyl sites for hydroxylation is 2. The van der Waals surface area contributed by atoms with Gasteiger partial charge in [0.25, 0.3) is 0 Å². The van der Waals surface area contributed by atoms with Gasteiger partial charge in [0, 0.05) is 7.05 Å². The van der Waals surface area contributed by atoms with Crippen LogP contribution in [0.1, 0.15) is 11.1 Å². The van der Waals surface area contributed by atoms with Crippen LogP contribution < -0.4 is 4.74 Å². The van der Waals surface area contributed by atoms with Crippen molar-refractivity contribution in [1.82, 2.24) is 0 Å². The molecule has 0 radical (unpaired) electrons. The number of methoxy groups -OCH3 is 1. The Morgan fingerprint density at radius 1 is 1.15 bits per heavy atom. The second kappa shape index (κ2) is 4.03. The van der Waals surface area contributed by atoms with E-state index in [4.69, 9.17) is 4.74 Å². The predicted octanol–water partition coefficient (Wildman–Crippen LogP) is 3.03. The van der Waals surface area contributed by atoms with Crippen molar-refractivity contribution < 1.29 is 4.74 Å². The number of benzene rings is 1. The molecule has 0 saturated heterocycles. The SMILES string of the molecule is CN=Nc1cc(C)c(C)cc1OC. The van der Waals surface area contributed by atoms with Gasteiger partial charge in [-0.3, -0.25) is 0 Å². The molecule has 1 rings (SSSR count). The molecule has 0 fully saturated rings. The van der Waals surface area contributed by atoms with Crippen molar-refractivity contribution in [3.05, 3.63) is 23.3 Å². The van der Waals surface area contributed by atoms with Crippen LogP contribution >= 0.6 is 0 Å². The summed E-state index contributed by atoms with van der Waals surface area (Å²) < 4.78 is 5.18. The van der Waals surface area contributed by atoms with Gasteiger partial charge in [0.05, 0.1) is 7.11 Å². The zero-order valence-corrected chi connectivity index (χ0v) is 8.46. The molecule has 13 heavy (non-hydrogen) atoms. The molecule has 0 aliphatic heterocycles. The van der Waals surface area contributed by atoms with Crippen LogP contribution in [-0.4, -0.2) is 14.2 Å². The lowest BCUT2D eigenvalue weighted by atomic mass is 10.1. The molecule has 0 saturated carbocycles. The van der Waals surface area contributed by atoms with E-state index in [-0.39, 0.29) is 0 Å². The van der Waals surface area contributed by atoms with Crippen LogP contribution in [0.2, 0.25) is 0 Å². The van der Waals surface area contributed by atoms with E-state index in [9.17, 15) is 0 Å². The molecular weight excluding hydrogens is 164 g/mol. The van der Waals surface area contributed by atoms with E-state index < -0.39 is 0 Å². The molecule has 0 aromatic heterocycles. The van der Waals surface area contributed by atoms with Gasteiger partial charge in [-0.25, -0.2) is 0 Å². The van der Waals surface area contributed by atoms with Crippen LogP contribution in [0, 0.1) is 13.8 Å². The third kappa shape index (κ3) is 2.05. The zero-order chi connectivity index (χ0) is 9.84. The second-order valence-electron chi connectivity index (χ2n) is 2.91. The van der Waals surface area contributed by atoms with E-state index in [1.807, 2.05) is 26.0 Å². The molecule has 1 aromatic carbocycles. The monoisotopic (exact) mass is 178 g/mol. The van der Waals surface area contributed by atoms with Crippen LogP contribution in [0.25, 0.3) is 0 Å². The molecule has 0 bridgehead atoms. The molecule has 0 aliphatic rings. The molecule has 0 spiro atoms. The summed E-state index contributed by atoms with van der Waals surface area (Å²) in [6, 6.07) is 3.94. The highest BCUT2D eigenvalue weighted by Gasteiger charge is 2.04. The lowest BCUT2D eigenvalue weighted by molar-refractivity contribution is 0.415. The van der Waals surface area contributed by atoms with Gasteiger partial charge < -0.3 is 4.74 Å². The summed E-state index contributed by atoms with van der Waals surface area (Å²) >= 11 is 0. The van der Waals surface area contributed by atoms with E-state index in [0.29, 0.717) is 0 Å². The van der Waals surface area contributed by atoms with Gasteiger partial charge in [-0.15, -0.1) is 0 Å². The predicted molar refractivity (Wildman–Crippen MR) is 52.9 cm³/mol. The molecule has 0 heterocycles. The van der Waals surface area contributed by atoms with Gasteiger partial charge in [0.2, 0.25) is 0 Å². The van der Waals surface area contributed by atoms with E-state index >= 15 is 0 Å². The summed E-state index contributed by atoms with van der Waals surface area (Å²) in [6.07, 6.45) is 0. The number of azo groups is 1. The van der Waals surface area contributed by atoms with Crippen LogP contribution in [0.5, 0.6) is 5.75 Å². The summed E-state index contributed by atoms with van der Waals surface area (Å²) in [5.74, 6) is 0.772. The zero-order valence-electron chi connectivity index (χ0n) is 8.46. The largest absolute Gasteiger partial charge is 0.494 e. The minimum Gasteiger partial charge on any atom is -0.494 e. The maximum absolute atomic E-state index is 5.18. The van der Waals surface area contributed by atoms with Gasteiger partial charge >= 0.3 is 0 Å². The molecular formula is C10H14N2O. The van der Waals surface area contributed by atoms with E-state index in [0.717, 1.165) is 11.4 Å². The number of hydrogen-bond donors (Lipinski definition) is 0. The topological polar surface area (TPSA) is 34.0 Å². The van der Waals surface area contributed by atoms with Crippen molar-refractivity contribution in [2.45, 2.75) is 13.8 Å². The maximum atomic E-state index is 5.18. The first-order chi connectivity index (χ1) is 6.19. The lowest BCUT2D eigenvalue weighted by Gasteiger charge is -2.06. The quantitative estimate of drug-likeness (QED) is 0.641. The Labute approximate surface area is 78.5 Å². The Bertz CT molecular complexity index is 332. The Hall–Kier alpha value is -1.38. The number of hydrogen-bond acceptors (Lipinski definition) is 3. The van der Waals surface area contributed by atoms with Crippen LogP contribution in [0.3, 0.4) is 0 Å². The average molecular weight is 178 g/mol. The first kappa shape index (κ1) is 9.71. The summed E-state index contributed by atoms with van der Waals surface area (Å²) in [5.41, 5.74) is 3.18. The first-order valence-corrected chi connectivity index (χ1v) is 4.14. The van der Waals surface area contributed by atoms with Gasteiger partial charge in [0.15, 0.2) is 0 Å². The third-order valence-corrected chi connectivity index (χ3v) is 2.00. The Morgan fingerprint density at radius 2 is 1.77 bits per heavy atom. The molecule has 0 unspecified atom stereocenters. The summed E-state index contributed by atoms with van der Waals surface area (Å²) in [4.78, 5) is 0. The number of nitrogens with zero attached hydrogens (tertiary/aromatic N) is 2. The first-order valence-electron chi connectivity index (χ1n) is 4.14. The number of rotatable bonds is 2. The van der Waals surface area contributed by atoms with Crippen molar-refractivity contribution in [2.24, 2.45) is 10.2 Å². The molecule has 0 atom stereocenters. The smallest absolute Gasteiger partial charge is 0.146 e. The molecule has 70 valence electrons. The normalized spacial score (nSPS) is 10.8. The lowest BCUT2D eigenvalue weighted by Crippen LogP contribution is -1.87. The van der Waals surface area contributed by atoms with Crippen LogP contribution in [0.15, 0.2) is 22.4 Å². The standard InChI is InChI=1S/C10H14N2O/c1-7-5-9(12-11-3)10(13-4)6-8(7)2/h5-6H,1-4H3. The fraction of sp³-hybridized carbons (Fsp3) is 0.400. The van der Waals surface area contributed by atoms with E-state index in [1.54, 1.807) is 14.2 Å². The summed E-state index contributed by atoms with van der Waals surface area (Å²) in [5, 5.41) is 7.71.